The molecule has 2 aliphatic heterocycles. The van der Waals surface area contributed by atoms with Crippen molar-refractivity contribution in [2.24, 2.45) is 11.8 Å². The number of amides is 5. The Bertz CT molecular complexity index is 1820. The minimum Gasteiger partial charge on any atom is -0.497 e. The van der Waals surface area contributed by atoms with Crippen molar-refractivity contribution < 1.29 is 33.4 Å². The van der Waals surface area contributed by atoms with Crippen molar-refractivity contribution in [3.63, 3.8) is 0 Å². The lowest BCUT2D eigenvalue weighted by molar-refractivity contribution is -0.140. The molecule has 294 valence electrons. The van der Waals surface area contributed by atoms with Crippen molar-refractivity contribution in [3.05, 3.63) is 77.1 Å². The lowest BCUT2D eigenvalue weighted by Gasteiger charge is -2.29. The van der Waals surface area contributed by atoms with Gasteiger partial charge in [-0.05, 0) is 92.3 Å². The first-order chi connectivity index (χ1) is 26.4. The van der Waals surface area contributed by atoms with Gasteiger partial charge in [-0.3, -0.25) is 29.1 Å². The predicted molar refractivity (Wildman–Crippen MR) is 204 cm³/mol. The number of methoxy groups -OCH3 is 1. The summed E-state index contributed by atoms with van der Waals surface area (Å²) in [6.45, 7) is 6.17. The average molecular weight is 756 g/mol. The number of aromatic amines is 1. The lowest BCUT2D eigenvalue weighted by Crippen LogP contribution is -2.58. The van der Waals surface area contributed by atoms with Crippen LogP contribution in [0.25, 0.3) is 0 Å². The zero-order chi connectivity index (χ0) is 39.1. The molecule has 55 heavy (non-hydrogen) atoms. The van der Waals surface area contributed by atoms with Gasteiger partial charge in [-0.2, -0.15) is 5.10 Å². The van der Waals surface area contributed by atoms with Gasteiger partial charge in [0.15, 0.2) is 0 Å². The molecule has 0 radical (unpaired) electrons. The van der Waals surface area contributed by atoms with Crippen LogP contribution in [0.4, 0.5) is 0 Å². The second-order valence-corrected chi connectivity index (χ2v) is 15.6. The van der Waals surface area contributed by atoms with E-state index >= 15 is 0 Å². The van der Waals surface area contributed by atoms with Crippen LogP contribution in [0.3, 0.4) is 0 Å². The molecule has 3 aromatic rings. The lowest BCUT2D eigenvalue weighted by atomic mass is 10.0. The number of nitrogens with zero attached hydrogens (tertiary/aromatic N) is 2. The Labute approximate surface area is 321 Å². The summed E-state index contributed by atoms with van der Waals surface area (Å²) in [6.07, 6.45) is 4.84. The largest absolute Gasteiger partial charge is 0.497 e. The molecule has 1 aromatic heterocycles. The summed E-state index contributed by atoms with van der Waals surface area (Å²) in [6, 6.07) is 12.5. The van der Waals surface area contributed by atoms with Crippen molar-refractivity contribution in [2.75, 3.05) is 26.8 Å². The molecule has 2 aromatic carbocycles. The molecule has 2 saturated carbocycles. The number of fused-ring (bicyclic) bond motifs is 17. The third kappa shape index (κ3) is 11.3. The Hall–Kier alpha value is -5.40. The Balaban J connectivity index is 1.30. The van der Waals surface area contributed by atoms with E-state index in [-0.39, 0.29) is 49.6 Å². The smallest absolute Gasteiger partial charge is 0.272 e. The summed E-state index contributed by atoms with van der Waals surface area (Å²) in [5.74, 6) is -0.276. The number of carbonyl (C=O) groups is 5. The Morgan fingerprint density at radius 3 is 2.35 bits per heavy atom. The SMILES string of the molecule is COc1ccc(C[C@@H]2NC(=O)[C@@H](NC(=O)c3cc(C4CC4)[nH]n3)Cc3ccc(cc3)OC[C@H](CC(C)C)NC(=O)CN(CC3CC3)C(=O)[C@@H](C)NC2=O)cc1. The number of aromatic nitrogens is 2. The highest BCUT2D eigenvalue weighted by Crippen LogP contribution is 2.39. The Morgan fingerprint density at radius 2 is 1.69 bits per heavy atom. The van der Waals surface area contributed by atoms with E-state index in [9.17, 15) is 24.0 Å². The summed E-state index contributed by atoms with van der Waals surface area (Å²) in [4.78, 5) is 70.7. The topological polar surface area (TPSA) is 184 Å². The maximum Gasteiger partial charge on any atom is 0.272 e. The second kappa shape index (κ2) is 17.8. The quantitative estimate of drug-likeness (QED) is 0.196. The van der Waals surface area contributed by atoms with Crippen molar-refractivity contribution in [2.45, 2.75) is 95.8 Å². The first kappa shape index (κ1) is 39.3. The van der Waals surface area contributed by atoms with Crippen LogP contribution in [0.2, 0.25) is 0 Å². The fourth-order valence-electron chi connectivity index (χ4n) is 6.81. The van der Waals surface area contributed by atoms with Crippen molar-refractivity contribution >= 4 is 29.5 Å². The zero-order valence-electron chi connectivity index (χ0n) is 32.1. The zero-order valence-corrected chi connectivity index (χ0v) is 32.1. The number of carbonyl (C=O) groups excluding carboxylic acids is 5. The molecule has 5 amide bonds. The molecule has 2 aliphatic carbocycles. The number of hydrogen-bond donors (Lipinski definition) is 5. The summed E-state index contributed by atoms with van der Waals surface area (Å²) in [7, 11) is 1.56. The van der Waals surface area contributed by atoms with Crippen LogP contribution in [0.15, 0.2) is 54.6 Å². The van der Waals surface area contributed by atoms with Gasteiger partial charge in [-0.1, -0.05) is 38.1 Å². The molecule has 2 fully saturated rings. The Kier molecular flexibility index (Phi) is 12.7. The average Bonchev–Trinajstić information content (AvgIpc) is 4.11. The third-order valence-corrected chi connectivity index (χ3v) is 10.2. The molecule has 0 spiro atoms. The van der Waals surface area contributed by atoms with E-state index in [0.717, 1.165) is 42.5 Å². The summed E-state index contributed by atoms with van der Waals surface area (Å²) < 4.78 is 11.4. The van der Waals surface area contributed by atoms with Gasteiger partial charge in [-0.15, -0.1) is 0 Å². The van der Waals surface area contributed by atoms with Gasteiger partial charge in [0.2, 0.25) is 23.6 Å². The molecule has 2 bridgehead atoms. The van der Waals surface area contributed by atoms with E-state index in [1.807, 2.05) is 12.1 Å². The van der Waals surface area contributed by atoms with Crippen LogP contribution in [-0.4, -0.2) is 95.6 Å². The molecule has 5 N–H and O–H groups in total. The van der Waals surface area contributed by atoms with Crippen LogP contribution in [0.1, 0.15) is 86.1 Å². The summed E-state index contributed by atoms with van der Waals surface area (Å²) in [5.41, 5.74) is 2.52. The summed E-state index contributed by atoms with van der Waals surface area (Å²) >= 11 is 0. The van der Waals surface area contributed by atoms with Gasteiger partial charge in [0.25, 0.3) is 5.91 Å². The highest BCUT2D eigenvalue weighted by molar-refractivity contribution is 5.98. The van der Waals surface area contributed by atoms with Gasteiger partial charge in [-0.25, -0.2) is 0 Å². The number of ether oxygens (including phenoxy) is 2. The number of benzene rings is 2. The molecule has 7 rings (SSSR count). The van der Waals surface area contributed by atoms with Crippen LogP contribution in [0.5, 0.6) is 11.5 Å². The Morgan fingerprint density at radius 1 is 0.964 bits per heavy atom. The van der Waals surface area contributed by atoms with E-state index in [1.165, 1.54) is 4.90 Å². The molecule has 14 heteroatoms. The van der Waals surface area contributed by atoms with E-state index in [2.05, 4.69) is 45.3 Å². The van der Waals surface area contributed by atoms with Crippen molar-refractivity contribution in [1.82, 2.24) is 36.4 Å². The van der Waals surface area contributed by atoms with Crippen molar-refractivity contribution in [1.29, 1.82) is 0 Å². The third-order valence-electron chi connectivity index (χ3n) is 10.2. The van der Waals surface area contributed by atoms with E-state index < -0.39 is 41.8 Å². The second-order valence-electron chi connectivity index (χ2n) is 15.6. The number of H-pyrrole nitrogens is 1. The standard InChI is InChI=1S/C41H53N7O7/c1-24(2)17-30-23-55-32-15-9-27(10-16-32)19-35(45-40(52)36-20-33(46-47-36)29-11-12-29)39(51)44-34(18-26-7-13-31(54-4)14-8-26)38(50)42-25(3)41(53)48(21-28-5-6-28)22-37(49)43-30/h7-10,13-16,20,24-25,28-30,34-35H,5-6,11-12,17-19,21-23H2,1-4H3,(H,42,50)(H,43,49)(H,44,51)(H,45,52)(H,46,47)/t25-,30+,34+,35+/m1/s1. The fourth-order valence-corrected chi connectivity index (χ4v) is 6.81. The van der Waals surface area contributed by atoms with Gasteiger partial charge < -0.3 is 35.6 Å². The first-order valence-electron chi connectivity index (χ1n) is 19.3. The molecule has 4 aliphatic rings. The maximum atomic E-state index is 14.2. The molecular formula is C41H53N7O7. The van der Waals surface area contributed by atoms with Crippen LogP contribution in [-0.2, 0) is 32.0 Å². The van der Waals surface area contributed by atoms with E-state index in [1.54, 1.807) is 56.5 Å². The van der Waals surface area contributed by atoms with Crippen molar-refractivity contribution in [3.8, 4) is 11.5 Å². The van der Waals surface area contributed by atoms with Gasteiger partial charge >= 0.3 is 0 Å². The number of hydrogen-bond acceptors (Lipinski definition) is 8. The van der Waals surface area contributed by atoms with Crippen LogP contribution >= 0.6 is 0 Å². The highest BCUT2D eigenvalue weighted by Gasteiger charge is 2.34. The normalized spacial score (nSPS) is 23.0. The number of rotatable bonds is 10. The molecule has 0 saturated heterocycles. The van der Waals surface area contributed by atoms with Crippen LogP contribution in [0, 0.1) is 11.8 Å². The minimum atomic E-state index is -1.12. The van der Waals surface area contributed by atoms with E-state index in [4.69, 9.17) is 9.47 Å². The van der Waals surface area contributed by atoms with Gasteiger partial charge in [0, 0.05) is 31.0 Å². The molecule has 14 nitrogen and oxygen atoms in total. The van der Waals surface area contributed by atoms with E-state index in [0.29, 0.717) is 36.3 Å². The highest BCUT2D eigenvalue weighted by atomic mass is 16.5. The van der Waals surface area contributed by atoms with Gasteiger partial charge in [0.1, 0.15) is 41.9 Å². The summed E-state index contributed by atoms with van der Waals surface area (Å²) in [5, 5.41) is 18.8. The molecular weight excluding hydrogens is 702 g/mol. The van der Waals surface area contributed by atoms with Crippen LogP contribution < -0.4 is 30.7 Å². The minimum absolute atomic E-state index is 0.0880. The molecule has 4 atom stereocenters. The van der Waals surface area contributed by atoms with Gasteiger partial charge in [0.05, 0.1) is 19.7 Å². The first-order valence-corrected chi connectivity index (χ1v) is 19.3. The number of nitrogens with one attached hydrogen (secondary N) is 5. The molecule has 0 unspecified atom stereocenters. The monoisotopic (exact) mass is 755 g/mol. The fraction of sp³-hybridized carbons (Fsp3) is 0.512. The predicted octanol–water partition coefficient (Wildman–Crippen LogP) is 3.03. The maximum absolute atomic E-state index is 14.2. The molecule has 3 heterocycles.